The number of hydrogen-bond acceptors (Lipinski definition) is 3. The lowest BCUT2D eigenvalue weighted by atomic mass is 9.70. The van der Waals surface area contributed by atoms with Gasteiger partial charge in [-0.25, -0.2) is 0 Å². The first kappa shape index (κ1) is 14.1. The Hall–Kier alpha value is -1.36. The highest BCUT2D eigenvalue weighted by Gasteiger charge is 2.47. The molecule has 1 aromatic heterocycles. The zero-order chi connectivity index (χ0) is 14.2. The Morgan fingerprint density at radius 1 is 1.53 bits per heavy atom. The van der Waals surface area contributed by atoms with Gasteiger partial charge >= 0.3 is 5.97 Å². The van der Waals surface area contributed by atoms with Crippen molar-refractivity contribution in [3.63, 3.8) is 0 Å². The topological polar surface area (TPSA) is 72.2 Å². The van der Waals surface area contributed by atoms with Gasteiger partial charge in [0, 0.05) is 19.9 Å². The van der Waals surface area contributed by atoms with Crippen LogP contribution in [0.4, 0.5) is 0 Å². The van der Waals surface area contributed by atoms with Crippen molar-refractivity contribution in [1.82, 2.24) is 9.78 Å². The van der Waals surface area contributed by atoms with Gasteiger partial charge in [-0.15, -0.1) is 0 Å². The Bertz CT molecular complexity index is 538. The molecule has 0 aliphatic heterocycles. The number of Topliss-reactive ketones (excluding diaryl/α,β-unsaturated/α-hetero) is 1. The van der Waals surface area contributed by atoms with E-state index in [0.29, 0.717) is 29.3 Å². The number of carboxylic acids is 1. The van der Waals surface area contributed by atoms with E-state index in [1.54, 1.807) is 18.7 Å². The molecule has 6 heteroatoms. The van der Waals surface area contributed by atoms with Gasteiger partial charge in [-0.3, -0.25) is 14.3 Å². The van der Waals surface area contributed by atoms with Gasteiger partial charge in [-0.2, -0.15) is 5.10 Å². The van der Waals surface area contributed by atoms with Gasteiger partial charge in [0.25, 0.3) is 0 Å². The minimum Gasteiger partial charge on any atom is -0.480 e. The third-order valence-corrected chi connectivity index (χ3v) is 4.42. The highest BCUT2D eigenvalue weighted by Crippen LogP contribution is 2.38. The summed E-state index contributed by atoms with van der Waals surface area (Å²) < 4.78 is 1.57. The van der Waals surface area contributed by atoms with Gasteiger partial charge in [0.15, 0.2) is 5.78 Å². The molecule has 0 aromatic carbocycles. The van der Waals surface area contributed by atoms with E-state index in [1.807, 2.05) is 0 Å². The third-order valence-electron chi connectivity index (χ3n) is 3.93. The van der Waals surface area contributed by atoms with Crippen LogP contribution in [0.25, 0.3) is 0 Å². The predicted octanol–water partition coefficient (Wildman–Crippen LogP) is 2.14. The average Bonchev–Trinajstić information content (AvgIpc) is 2.58. The van der Waals surface area contributed by atoms with Crippen molar-refractivity contribution in [2.75, 3.05) is 0 Å². The van der Waals surface area contributed by atoms with Gasteiger partial charge in [-0.1, -0.05) is 18.0 Å². The Balaban J connectivity index is 2.41. The summed E-state index contributed by atoms with van der Waals surface area (Å²) in [6.07, 6.45) is 2.36. The number of rotatable bonds is 3. The zero-order valence-electron chi connectivity index (χ0n) is 11.1. The number of nitrogens with zero attached hydrogens (tertiary/aromatic N) is 2. The Morgan fingerprint density at radius 3 is 2.68 bits per heavy atom. The summed E-state index contributed by atoms with van der Waals surface area (Å²) in [7, 11) is 1.72. The molecule has 1 aliphatic rings. The molecule has 1 heterocycles. The first-order chi connectivity index (χ1) is 8.88. The molecule has 2 rings (SSSR count). The maximum atomic E-state index is 12.1. The summed E-state index contributed by atoms with van der Waals surface area (Å²) in [6.45, 7) is 1.77. The maximum Gasteiger partial charge on any atom is 0.317 e. The molecule has 0 saturated heterocycles. The normalized spacial score (nSPS) is 23.6. The lowest BCUT2D eigenvalue weighted by Gasteiger charge is -2.31. The summed E-state index contributed by atoms with van der Waals surface area (Å²) in [6, 6.07) is 0. The number of ketones is 1. The first-order valence-electron chi connectivity index (χ1n) is 6.33. The molecule has 0 spiro atoms. The zero-order valence-corrected chi connectivity index (χ0v) is 11.8. The molecular weight excluding hydrogens is 268 g/mol. The van der Waals surface area contributed by atoms with Crippen LogP contribution in [0.15, 0.2) is 0 Å². The van der Waals surface area contributed by atoms with Crippen LogP contribution in [0.1, 0.15) is 37.1 Å². The molecule has 1 atom stereocenters. The van der Waals surface area contributed by atoms with Crippen molar-refractivity contribution >= 4 is 23.4 Å². The standard InChI is InChI=1S/C13H17ClN2O3/c1-8-11(14)9(16(2)15-8)7-13(12(18)19)6-4-3-5-10(13)17/h3-7H2,1-2H3,(H,18,19). The summed E-state index contributed by atoms with van der Waals surface area (Å²) in [5, 5.41) is 14.1. The van der Waals surface area contributed by atoms with E-state index in [0.717, 1.165) is 12.8 Å². The highest BCUT2D eigenvalue weighted by atomic mass is 35.5. The van der Waals surface area contributed by atoms with E-state index in [9.17, 15) is 14.7 Å². The number of halogens is 1. The van der Waals surface area contributed by atoms with Crippen LogP contribution in [0.3, 0.4) is 0 Å². The number of aliphatic carboxylic acids is 1. The molecule has 0 amide bonds. The van der Waals surface area contributed by atoms with Gasteiger partial charge in [-0.05, 0) is 19.8 Å². The van der Waals surface area contributed by atoms with Gasteiger partial charge in [0.05, 0.1) is 16.4 Å². The van der Waals surface area contributed by atoms with Crippen LogP contribution in [0, 0.1) is 12.3 Å². The Labute approximate surface area is 116 Å². The van der Waals surface area contributed by atoms with Crippen molar-refractivity contribution in [3.05, 3.63) is 16.4 Å². The Morgan fingerprint density at radius 2 is 2.21 bits per heavy atom. The van der Waals surface area contributed by atoms with Crippen LogP contribution in [-0.4, -0.2) is 26.6 Å². The molecule has 0 radical (unpaired) electrons. The van der Waals surface area contributed by atoms with Gasteiger partial charge in [0.2, 0.25) is 0 Å². The second-order valence-electron chi connectivity index (χ2n) is 5.16. The van der Waals surface area contributed by atoms with Crippen LogP contribution in [0.2, 0.25) is 5.02 Å². The number of aromatic nitrogens is 2. The molecular formula is C13H17ClN2O3. The second kappa shape index (κ2) is 4.96. The molecule has 1 N–H and O–H groups in total. The smallest absolute Gasteiger partial charge is 0.317 e. The molecule has 1 fully saturated rings. The molecule has 104 valence electrons. The summed E-state index contributed by atoms with van der Waals surface area (Å²) >= 11 is 6.16. The number of carbonyl (C=O) groups is 2. The maximum absolute atomic E-state index is 12.1. The lowest BCUT2D eigenvalue weighted by molar-refractivity contribution is -0.157. The number of carbonyl (C=O) groups excluding carboxylic acids is 1. The second-order valence-corrected chi connectivity index (χ2v) is 5.54. The van der Waals surface area contributed by atoms with E-state index in [2.05, 4.69) is 5.10 Å². The number of hydrogen-bond donors (Lipinski definition) is 1. The molecule has 1 aromatic rings. The largest absolute Gasteiger partial charge is 0.480 e. The molecule has 5 nitrogen and oxygen atoms in total. The minimum atomic E-state index is -1.33. The van der Waals surface area contributed by atoms with Crippen LogP contribution in [0.5, 0.6) is 0 Å². The fourth-order valence-electron chi connectivity index (χ4n) is 2.74. The van der Waals surface area contributed by atoms with E-state index in [1.165, 1.54) is 0 Å². The van der Waals surface area contributed by atoms with Crippen molar-refractivity contribution in [2.45, 2.75) is 39.0 Å². The number of carboxylic acid groups (broad SMARTS) is 1. The SMILES string of the molecule is Cc1nn(C)c(CC2(C(=O)O)CCCCC2=O)c1Cl. The molecule has 1 saturated carbocycles. The fourth-order valence-corrected chi connectivity index (χ4v) is 2.96. The van der Waals surface area contributed by atoms with Crippen molar-refractivity contribution in [3.8, 4) is 0 Å². The van der Waals surface area contributed by atoms with E-state index < -0.39 is 11.4 Å². The van der Waals surface area contributed by atoms with E-state index >= 15 is 0 Å². The third kappa shape index (κ3) is 2.27. The van der Waals surface area contributed by atoms with Gasteiger partial charge < -0.3 is 5.11 Å². The number of aryl methyl sites for hydroxylation is 2. The summed E-state index contributed by atoms with van der Waals surface area (Å²) in [5.74, 6) is -1.24. The minimum absolute atomic E-state index is 0.122. The monoisotopic (exact) mass is 284 g/mol. The molecule has 19 heavy (non-hydrogen) atoms. The van der Waals surface area contributed by atoms with Crippen LogP contribution < -0.4 is 0 Å². The van der Waals surface area contributed by atoms with Crippen molar-refractivity contribution in [2.24, 2.45) is 12.5 Å². The molecule has 1 unspecified atom stereocenters. The quantitative estimate of drug-likeness (QED) is 0.863. The molecule has 1 aliphatic carbocycles. The van der Waals surface area contributed by atoms with Crippen LogP contribution >= 0.6 is 11.6 Å². The van der Waals surface area contributed by atoms with Crippen LogP contribution in [-0.2, 0) is 23.1 Å². The van der Waals surface area contributed by atoms with Gasteiger partial charge in [0.1, 0.15) is 5.41 Å². The average molecular weight is 285 g/mol. The summed E-state index contributed by atoms with van der Waals surface area (Å²) in [4.78, 5) is 23.8. The fraction of sp³-hybridized carbons (Fsp3) is 0.615. The summed E-state index contributed by atoms with van der Waals surface area (Å²) in [5.41, 5.74) is -0.0537. The first-order valence-corrected chi connectivity index (χ1v) is 6.71. The predicted molar refractivity (Wildman–Crippen MR) is 70.2 cm³/mol. The lowest BCUT2D eigenvalue weighted by Crippen LogP contribution is -2.44. The van der Waals surface area contributed by atoms with E-state index in [4.69, 9.17) is 11.6 Å². The Kier molecular flexibility index (Phi) is 3.67. The highest BCUT2D eigenvalue weighted by molar-refractivity contribution is 6.32. The van der Waals surface area contributed by atoms with Crippen molar-refractivity contribution in [1.29, 1.82) is 0 Å². The molecule has 0 bridgehead atoms. The van der Waals surface area contributed by atoms with Crippen molar-refractivity contribution < 1.29 is 14.7 Å². The van der Waals surface area contributed by atoms with E-state index in [-0.39, 0.29) is 12.2 Å².